The van der Waals surface area contributed by atoms with Crippen molar-refractivity contribution in [2.24, 2.45) is 0 Å². The van der Waals surface area contributed by atoms with Crippen LogP contribution >= 0.6 is 0 Å². The fourth-order valence-electron chi connectivity index (χ4n) is 2.42. The van der Waals surface area contributed by atoms with Crippen LogP contribution in [0.25, 0.3) is 0 Å². The number of H-pyrrole nitrogens is 1. The third-order valence-electron chi connectivity index (χ3n) is 3.44. The van der Waals surface area contributed by atoms with Crippen molar-refractivity contribution in [3.63, 3.8) is 0 Å². The molecule has 16 heavy (non-hydrogen) atoms. The van der Waals surface area contributed by atoms with Gasteiger partial charge in [0.2, 0.25) is 0 Å². The zero-order chi connectivity index (χ0) is 11.0. The maximum atomic E-state index is 11.4. The molecule has 1 aliphatic heterocycles. The Balaban J connectivity index is 1.79. The van der Waals surface area contributed by atoms with Gasteiger partial charge < -0.3 is 10.3 Å². The standard InChI is InChI=1S/C12H17N3O/c16-12-14-10(6-9-2-1-5-13-9)7-11(15-12)8-3-4-8/h7-9,13H,1-6H2,(H,14,15,16). The first-order chi connectivity index (χ1) is 7.81. The van der Waals surface area contributed by atoms with Gasteiger partial charge in [-0.15, -0.1) is 0 Å². The molecule has 2 aliphatic rings. The summed E-state index contributed by atoms with van der Waals surface area (Å²) in [4.78, 5) is 18.3. The van der Waals surface area contributed by atoms with Crippen LogP contribution in [0.3, 0.4) is 0 Å². The Labute approximate surface area is 94.5 Å². The van der Waals surface area contributed by atoms with Crippen molar-refractivity contribution < 1.29 is 0 Å². The average Bonchev–Trinajstić information content (AvgIpc) is 2.98. The summed E-state index contributed by atoms with van der Waals surface area (Å²) in [6.45, 7) is 1.11. The average molecular weight is 219 g/mol. The third-order valence-corrected chi connectivity index (χ3v) is 3.44. The molecule has 1 saturated heterocycles. The molecule has 2 fully saturated rings. The minimum Gasteiger partial charge on any atom is -0.314 e. The highest BCUT2D eigenvalue weighted by Gasteiger charge is 2.26. The number of rotatable bonds is 3. The molecule has 86 valence electrons. The van der Waals surface area contributed by atoms with E-state index >= 15 is 0 Å². The van der Waals surface area contributed by atoms with Gasteiger partial charge in [0, 0.05) is 24.1 Å². The SMILES string of the molecule is O=c1nc(C2CC2)cc(CC2CCCN2)[nH]1. The molecule has 0 aromatic carbocycles. The predicted octanol–water partition coefficient (Wildman–Crippen LogP) is 0.942. The van der Waals surface area contributed by atoms with Crippen LogP contribution in [0.4, 0.5) is 0 Å². The zero-order valence-corrected chi connectivity index (χ0v) is 9.33. The first-order valence-corrected chi connectivity index (χ1v) is 6.15. The van der Waals surface area contributed by atoms with E-state index in [-0.39, 0.29) is 5.69 Å². The van der Waals surface area contributed by atoms with Gasteiger partial charge >= 0.3 is 5.69 Å². The van der Waals surface area contributed by atoms with Crippen molar-refractivity contribution in [3.8, 4) is 0 Å². The molecule has 1 aromatic rings. The Morgan fingerprint density at radius 2 is 2.25 bits per heavy atom. The smallest absolute Gasteiger partial charge is 0.314 e. The number of nitrogens with one attached hydrogen (secondary N) is 2. The quantitative estimate of drug-likeness (QED) is 0.795. The van der Waals surface area contributed by atoms with Crippen molar-refractivity contribution in [1.82, 2.24) is 15.3 Å². The topological polar surface area (TPSA) is 57.8 Å². The molecule has 1 saturated carbocycles. The van der Waals surface area contributed by atoms with E-state index in [1.807, 2.05) is 0 Å². The molecule has 2 N–H and O–H groups in total. The lowest BCUT2D eigenvalue weighted by Crippen LogP contribution is -2.26. The lowest BCUT2D eigenvalue weighted by atomic mass is 10.1. The van der Waals surface area contributed by atoms with Crippen LogP contribution in [-0.2, 0) is 6.42 Å². The number of hydrogen-bond donors (Lipinski definition) is 2. The largest absolute Gasteiger partial charge is 0.345 e. The van der Waals surface area contributed by atoms with E-state index in [4.69, 9.17) is 0 Å². The van der Waals surface area contributed by atoms with Gasteiger partial charge in [0.25, 0.3) is 0 Å². The Hall–Kier alpha value is -1.16. The van der Waals surface area contributed by atoms with E-state index in [1.54, 1.807) is 0 Å². The fraction of sp³-hybridized carbons (Fsp3) is 0.667. The van der Waals surface area contributed by atoms with Crippen molar-refractivity contribution in [1.29, 1.82) is 0 Å². The van der Waals surface area contributed by atoms with Crippen LogP contribution < -0.4 is 11.0 Å². The van der Waals surface area contributed by atoms with Gasteiger partial charge in [-0.1, -0.05) is 0 Å². The van der Waals surface area contributed by atoms with Crippen molar-refractivity contribution in [3.05, 3.63) is 27.9 Å². The predicted molar refractivity (Wildman–Crippen MR) is 61.6 cm³/mol. The van der Waals surface area contributed by atoms with Gasteiger partial charge in [0.15, 0.2) is 0 Å². The summed E-state index contributed by atoms with van der Waals surface area (Å²) in [7, 11) is 0. The normalized spacial score (nSPS) is 24.9. The second-order valence-electron chi connectivity index (χ2n) is 4.91. The fourth-order valence-corrected chi connectivity index (χ4v) is 2.42. The minimum absolute atomic E-state index is 0.183. The molecule has 4 heteroatoms. The highest BCUT2D eigenvalue weighted by molar-refractivity contribution is 5.17. The number of aromatic amines is 1. The summed E-state index contributed by atoms with van der Waals surface area (Å²) in [5, 5.41) is 3.45. The zero-order valence-electron chi connectivity index (χ0n) is 9.33. The highest BCUT2D eigenvalue weighted by Crippen LogP contribution is 2.38. The summed E-state index contributed by atoms with van der Waals surface area (Å²) in [5.74, 6) is 0.553. The van der Waals surface area contributed by atoms with Crippen molar-refractivity contribution in [2.75, 3.05) is 6.54 Å². The molecular formula is C12H17N3O. The van der Waals surface area contributed by atoms with E-state index in [9.17, 15) is 4.79 Å². The molecule has 3 rings (SSSR count). The van der Waals surface area contributed by atoms with Gasteiger partial charge in [-0.2, -0.15) is 4.98 Å². The van der Waals surface area contributed by atoms with Crippen LogP contribution in [0.5, 0.6) is 0 Å². The Morgan fingerprint density at radius 3 is 2.94 bits per heavy atom. The molecule has 4 nitrogen and oxygen atoms in total. The molecule has 1 unspecified atom stereocenters. The summed E-state index contributed by atoms with van der Waals surface area (Å²) in [6, 6.07) is 2.61. The second-order valence-corrected chi connectivity index (χ2v) is 4.91. The molecule has 1 atom stereocenters. The van der Waals surface area contributed by atoms with Crippen LogP contribution in [0.1, 0.15) is 43.0 Å². The Morgan fingerprint density at radius 1 is 1.38 bits per heavy atom. The Bertz CT molecular complexity index is 430. The summed E-state index contributed by atoms with van der Waals surface area (Å²) in [5.41, 5.74) is 1.86. The molecule has 0 amide bonds. The van der Waals surface area contributed by atoms with E-state index in [0.29, 0.717) is 12.0 Å². The maximum Gasteiger partial charge on any atom is 0.345 e. The van der Waals surface area contributed by atoms with Gasteiger partial charge in [0.1, 0.15) is 0 Å². The lowest BCUT2D eigenvalue weighted by Gasteiger charge is -2.10. The van der Waals surface area contributed by atoms with Gasteiger partial charge in [-0.05, 0) is 38.3 Å². The lowest BCUT2D eigenvalue weighted by molar-refractivity contribution is 0.592. The van der Waals surface area contributed by atoms with Gasteiger partial charge in [0.05, 0.1) is 5.69 Å². The van der Waals surface area contributed by atoms with Crippen LogP contribution in [0.2, 0.25) is 0 Å². The van der Waals surface area contributed by atoms with Gasteiger partial charge in [-0.3, -0.25) is 0 Å². The van der Waals surface area contributed by atoms with E-state index in [1.165, 1.54) is 25.7 Å². The molecule has 1 aromatic heterocycles. The van der Waals surface area contributed by atoms with Crippen molar-refractivity contribution >= 4 is 0 Å². The minimum atomic E-state index is -0.183. The van der Waals surface area contributed by atoms with Gasteiger partial charge in [-0.25, -0.2) is 4.79 Å². The molecule has 0 radical (unpaired) electrons. The van der Waals surface area contributed by atoms with Crippen LogP contribution in [-0.4, -0.2) is 22.6 Å². The molecule has 1 aliphatic carbocycles. The third kappa shape index (κ3) is 2.16. The van der Waals surface area contributed by atoms with E-state index in [0.717, 1.165) is 24.4 Å². The van der Waals surface area contributed by atoms with Crippen LogP contribution in [0, 0.1) is 0 Å². The monoisotopic (exact) mass is 219 g/mol. The summed E-state index contributed by atoms with van der Waals surface area (Å²) in [6.07, 6.45) is 5.77. The van der Waals surface area contributed by atoms with Crippen LogP contribution in [0.15, 0.2) is 10.9 Å². The number of hydrogen-bond acceptors (Lipinski definition) is 3. The Kier molecular flexibility index (Phi) is 2.52. The van der Waals surface area contributed by atoms with Crippen molar-refractivity contribution in [2.45, 2.75) is 44.1 Å². The molecule has 0 spiro atoms. The highest BCUT2D eigenvalue weighted by atomic mass is 16.1. The maximum absolute atomic E-state index is 11.4. The summed E-state index contributed by atoms with van der Waals surface area (Å²) < 4.78 is 0. The van der Waals surface area contributed by atoms with E-state index < -0.39 is 0 Å². The number of aromatic nitrogens is 2. The first kappa shape index (κ1) is 10.0. The first-order valence-electron chi connectivity index (χ1n) is 6.15. The second kappa shape index (κ2) is 4.01. The molecular weight excluding hydrogens is 202 g/mol. The molecule has 0 bridgehead atoms. The number of nitrogens with zero attached hydrogens (tertiary/aromatic N) is 1. The van der Waals surface area contributed by atoms with E-state index in [2.05, 4.69) is 21.4 Å². The summed E-state index contributed by atoms with van der Waals surface area (Å²) >= 11 is 0. The molecule has 2 heterocycles.